The van der Waals surface area contributed by atoms with E-state index in [4.69, 9.17) is 55.6 Å². The molecule has 1 fully saturated rings. The van der Waals surface area contributed by atoms with E-state index in [0.29, 0.717) is 11.8 Å². The van der Waals surface area contributed by atoms with Crippen LogP contribution in [0, 0.1) is 5.82 Å². The van der Waals surface area contributed by atoms with E-state index in [1.54, 1.807) is 12.1 Å². The molecule has 2 heterocycles. The van der Waals surface area contributed by atoms with Crippen LogP contribution in [0.15, 0.2) is 52.9 Å². The highest BCUT2D eigenvalue weighted by atomic mass is 35.5. The average molecular weight is 581 g/mol. The van der Waals surface area contributed by atoms with E-state index in [0.717, 1.165) is 43.3 Å². The largest absolute Gasteiger partial charge is 0.473 e. The number of carboxylic acid groups (broad SMARTS) is 4. The standard InChI is InChI=1S/C21H22ClFN4O.2C2H2O4/c1-15(20-24-25-21(28-20)17-5-7-19(23)8-6-17)27-11-9-26(10-12-27)14-16-3-2-4-18(22)13-16;2*3-1(4)2(5)6/h2-8,13,15H,9-12,14H2,1H3;2*(H,3,4)(H,5,6). The van der Waals surface area contributed by atoms with Gasteiger partial charge in [-0.2, -0.15) is 0 Å². The minimum Gasteiger partial charge on any atom is -0.473 e. The maximum Gasteiger partial charge on any atom is 0.414 e. The Hall–Kier alpha value is -4.40. The number of halogens is 2. The van der Waals surface area contributed by atoms with Gasteiger partial charge in [-0.25, -0.2) is 23.6 Å². The lowest BCUT2D eigenvalue weighted by Crippen LogP contribution is -2.46. The number of benzene rings is 2. The van der Waals surface area contributed by atoms with Crippen molar-refractivity contribution in [3.05, 3.63) is 70.8 Å². The lowest BCUT2D eigenvalue weighted by Gasteiger charge is -2.36. The predicted molar refractivity (Wildman–Crippen MR) is 137 cm³/mol. The van der Waals surface area contributed by atoms with Crippen molar-refractivity contribution < 1.29 is 48.4 Å². The summed E-state index contributed by atoms with van der Waals surface area (Å²) in [5.41, 5.74) is 1.95. The third-order valence-electron chi connectivity index (χ3n) is 5.50. The van der Waals surface area contributed by atoms with Gasteiger partial charge >= 0.3 is 23.9 Å². The van der Waals surface area contributed by atoms with Crippen molar-refractivity contribution in [2.24, 2.45) is 0 Å². The number of hydrogen-bond donors (Lipinski definition) is 4. The summed E-state index contributed by atoms with van der Waals surface area (Å²) in [6.07, 6.45) is 0. The zero-order chi connectivity index (χ0) is 29.8. The summed E-state index contributed by atoms with van der Waals surface area (Å²) in [6.45, 7) is 6.77. The summed E-state index contributed by atoms with van der Waals surface area (Å²) >= 11 is 6.08. The molecule has 1 unspecified atom stereocenters. The molecular formula is C25H26ClFN4O9. The van der Waals surface area contributed by atoms with Crippen LogP contribution in [-0.2, 0) is 25.7 Å². The Labute approximate surface area is 232 Å². The summed E-state index contributed by atoms with van der Waals surface area (Å²) in [5.74, 6) is -6.58. The van der Waals surface area contributed by atoms with Crippen molar-refractivity contribution in [3.63, 3.8) is 0 Å². The van der Waals surface area contributed by atoms with Gasteiger partial charge in [0.1, 0.15) is 5.82 Å². The number of nitrogens with zero attached hydrogens (tertiary/aromatic N) is 4. The topological polar surface area (TPSA) is 195 Å². The fourth-order valence-corrected chi connectivity index (χ4v) is 3.68. The molecule has 214 valence electrons. The zero-order valence-electron chi connectivity index (χ0n) is 21.1. The van der Waals surface area contributed by atoms with E-state index in [2.05, 4.69) is 33.0 Å². The molecule has 1 aromatic heterocycles. The molecule has 1 aliphatic heterocycles. The molecule has 0 bridgehead atoms. The highest BCUT2D eigenvalue weighted by Gasteiger charge is 2.26. The molecule has 40 heavy (non-hydrogen) atoms. The van der Waals surface area contributed by atoms with E-state index < -0.39 is 23.9 Å². The summed E-state index contributed by atoms with van der Waals surface area (Å²) in [4.78, 5) is 41.2. The third kappa shape index (κ3) is 10.4. The van der Waals surface area contributed by atoms with Crippen molar-refractivity contribution in [1.82, 2.24) is 20.0 Å². The van der Waals surface area contributed by atoms with Gasteiger partial charge in [-0.15, -0.1) is 10.2 Å². The Morgan fingerprint density at radius 1 is 0.900 bits per heavy atom. The van der Waals surface area contributed by atoms with Gasteiger partial charge < -0.3 is 24.8 Å². The Kier molecular flexibility index (Phi) is 12.1. The summed E-state index contributed by atoms with van der Waals surface area (Å²) in [5, 5.41) is 38.7. The second-order valence-corrected chi connectivity index (χ2v) is 8.73. The van der Waals surface area contributed by atoms with Gasteiger partial charge in [-0.3, -0.25) is 9.80 Å². The van der Waals surface area contributed by atoms with E-state index in [1.165, 1.54) is 17.7 Å². The van der Waals surface area contributed by atoms with Gasteiger partial charge in [-0.05, 0) is 48.9 Å². The molecule has 0 saturated carbocycles. The smallest absolute Gasteiger partial charge is 0.414 e. The van der Waals surface area contributed by atoms with Gasteiger partial charge in [0.05, 0.1) is 6.04 Å². The maximum absolute atomic E-state index is 13.1. The van der Waals surface area contributed by atoms with Crippen molar-refractivity contribution in [2.45, 2.75) is 19.5 Å². The molecular weight excluding hydrogens is 555 g/mol. The SMILES string of the molecule is CC(c1nnc(-c2ccc(F)cc2)o1)N1CCN(Cc2cccc(Cl)c2)CC1.O=C(O)C(=O)O.O=C(O)C(=O)O. The van der Waals surface area contributed by atoms with Crippen LogP contribution >= 0.6 is 11.6 Å². The molecule has 3 aromatic rings. The van der Waals surface area contributed by atoms with Crippen LogP contribution in [0.2, 0.25) is 5.02 Å². The highest BCUT2D eigenvalue weighted by Crippen LogP contribution is 2.25. The lowest BCUT2D eigenvalue weighted by molar-refractivity contribution is -0.159. The quantitative estimate of drug-likeness (QED) is 0.322. The first-order chi connectivity index (χ1) is 18.9. The molecule has 4 rings (SSSR count). The van der Waals surface area contributed by atoms with Gasteiger partial charge in [0.15, 0.2) is 0 Å². The number of hydrogen-bond acceptors (Lipinski definition) is 9. The second kappa shape index (κ2) is 15.3. The molecule has 0 spiro atoms. The molecule has 0 amide bonds. The Morgan fingerprint density at radius 2 is 1.45 bits per heavy atom. The number of piperazine rings is 1. The number of aliphatic carboxylic acids is 4. The minimum atomic E-state index is -1.82. The molecule has 1 saturated heterocycles. The maximum atomic E-state index is 13.1. The van der Waals surface area contributed by atoms with E-state index in [-0.39, 0.29) is 11.9 Å². The monoisotopic (exact) mass is 580 g/mol. The first-order valence-corrected chi connectivity index (χ1v) is 12.0. The summed E-state index contributed by atoms with van der Waals surface area (Å²) < 4.78 is 18.9. The van der Waals surface area contributed by atoms with Gasteiger partial charge in [0, 0.05) is 43.3 Å². The first-order valence-electron chi connectivity index (χ1n) is 11.6. The second-order valence-electron chi connectivity index (χ2n) is 8.29. The van der Waals surface area contributed by atoms with Crippen LogP contribution in [0.3, 0.4) is 0 Å². The van der Waals surface area contributed by atoms with Crippen LogP contribution in [0.25, 0.3) is 11.5 Å². The van der Waals surface area contributed by atoms with Crippen LogP contribution in [0.4, 0.5) is 4.39 Å². The van der Waals surface area contributed by atoms with Crippen LogP contribution in [-0.4, -0.2) is 90.5 Å². The summed E-state index contributed by atoms with van der Waals surface area (Å²) in [7, 11) is 0. The van der Waals surface area contributed by atoms with Crippen molar-refractivity contribution in [3.8, 4) is 11.5 Å². The van der Waals surface area contributed by atoms with E-state index in [1.807, 2.05) is 18.2 Å². The van der Waals surface area contributed by atoms with Gasteiger partial charge in [0.2, 0.25) is 11.8 Å². The molecule has 15 heteroatoms. The number of carboxylic acids is 4. The van der Waals surface area contributed by atoms with E-state index in [9.17, 15) is 4.39 Å². The normalized spacial score (nSPS) is 14.1. The van der Waals surface area contributed by atoms with Gasteiger partial charge in [0.25, 0.3) is 0 Å². The number of carbonyl (C=O) groups is 4. The fraction of sp³-hybridized carbons (Fsp3) is 0.280. The first kappa shape index (κ1) is 31.8. The zero-order valence-corrected chi connectivity index (χ0v) is 21.9. The fourth-order valence-electron chi connectivity index (χ4n) is 3.47. The average Bonchev–Trinajstić information content (AvgIpc) is 3.40. The lowest BCUT2D eigenvalue weighted by atomic mass is 10.2. The highest BCUT2D eigenvalue weighted by molar-refractivity contribution is 6.30. The van der Waals surface area contributed by atoms with Crippen LogP contribution < -0.4 is 0 Å². The van der Waals surface area contributed by atoms with E-state index >= 15 is 0 Å². The number of aromatic nitrogens is 2. The van der Waals surface area contributed by atoms with Crippen molar-refractivity contribution in [2.75, 3.05) is 26.2 Å². The number of rotatable bonds is 5. The molecule has 1 aliphatic rings. The Bertz CT molecular complexity index is 1260. The molecule has 1 atom stereocenters. The van der Waals surface area contributed by atoms with Crippen LogP contribution in [0.5, 0.6) is 0 Å². The Morgan fingerprint density at radius 3 is 1.95 bits per heavy atom. The molecule has 0 radical (unpaired) electrons. The molecule has 13 nitrogen and oxygen atoms in total. The van der Waals surface area contributed by atoms with Crippen molar-refractivity contribution in [1.29, 1.82) is 0 Å². The molecule has 0 aliphatic carbocycles. The molecule has 2 aromatic carbocycles. The Balaban J connectivity index is 0.000000393. The third-order valence-corrected chi connectivity index (χ3v) is 5.74. The van der Waals surface area contributed by atoms with Gasteiger partial charge in [-0.1, -0.05) is 23.7 Å². The van der Waals surface area contributed by atoms with Crippen LogP contribution in [0.1, 0.15) is 24.4 Å². The van der Waals surface area contributed by atoms with Crippen molar-refractivity contribution >= 4 is 35.5 Å². The summed E-state index contributed by atoms with van der Waals surface area (Å²) in [6, 6.07) is 14.1. The predicted octanol–water partition coefficient (Wildman–Crippen LogP) is 2.72. The minimum absolute atomic E-state index is 0.0371. The molecule has 4 N–H and O–H groups in total.